The molecule has 3 heteroatoms. The number of rotatable bonds is 6. The van der Waals surface area contributed by atoms with E-state index >= 15 is 0 Å². The van der Waals surface area contributed by atoms with Gasteiger partial charge in [0.15, 0.2) is 0 Å². The van der Waals surface area contributed by atoms with E-state index in [1.807, 2.05) is 4.90 Å². The van der Waals surface area contributed by atoms with Crippen LogP contribution in [0.25, 0.3) is 0 Å². The number of carbonyl (C=O) groups excluding carboxylic acids is 1. The predicted octanol–water partition coefficient (Wildman–Crippen LogP) is 3.82. The second-order valence-corrected chi connectivity index (χ2v) is 4.84. The Bertz CT molecular complexity index is 238. The number of likely N-dealkylation sites (tertiary alicyclic amines) is 1. The maximum absolute atomic E-state index is 11.4. The van der Waals surface area contributed by atoms with E-state index < -0.39 is 0 Å². The lowest BCUT2D eigenvalue weighted by molar-refractivity contribution is -0.125. The van der Waals surface area contributed by atoms with E-state index in [2.05, 4.69) is 28.9 Å². The maximum atomic E-state index is 11.4. The highest BCUT2D eigenvalue weighted by Gasteiger charge is 2.21. The van der Waals surface area contributed by atoms with Crippen molar-refractivity contribution in [2.75, 3.05) is 6.54 Å². The number of unbranched alkanes of at least 4 members (excludes halogenated alkanes) is 4. The maximum Gasteiger partial charge on any atom is 0.227 e. The summed E-state index contributed by atoms with van der Waals surface area (Å²) in [6, 6.07) is 0. The Labute approximate surface area is 101 Å². The Balaban J connectivity index is 2.23. The lowest BCUT2D eigenvalue weighted by Gasteiger charge is -2.14. The molecular formula is C12H20BrNO. The van der Waals surface area contributed by atoms with Crippen LogP contribution in [0.2, 0.25) is 0 Å². The second-order valence-electron chi connectivity index (χ2n) is 4.03. The highest BCUT2D eigenvalue weighted by atomic mass is 79.9. The van der Waals surface area contributed by atoms with E-state index in [1.165, 1.54) is 25.7 Å². The smallest absolute Gasteiger partial charge is 0.227 e. The zero-order valence-corrected chi connectivity index (χ0v) is 11.1. The van der Waals surface area contributed by atoms with E-state index in [0.717, 1.165) is 24.0 Å². The lowest BCUT2D eigenvalue weighted by Crippen LogP contribution is -2.20. The molecule has 1 fully saturated rings. The van der Waals surface area contributed by atoms with Gasteiger partial charge in [-0.15, -0.1) is 0 Å². The third kappa shape index (κ3) is 4.37. The first-order valence-corrected chi connectivity index (χ1v) is 6.71. The van der Waals surface area contributed by atoms with Gasteiger partial charge in [0.1, 0.15) is 0 Å². The van der Waals surface area contributed by atoms with Crippen LogP contribution in [0.3, 0.4) is 0 Å². The van der Waals surface area contributed by atoms with E-state index in [4.69, 9.17) is 0 Å². The van der Waals surface area contributed by atoms with Crippen molar-refractivity contribution in [3.8, 4) is 0 Å². The number of carbonyl (C=O) groups is 1. The number of hydrogen-bond donors (Lipinski definition) is 0. The highest BCUT2D eigenvalue weighted by molar-refractivity contribution is 9.11. The van der Waals surface area contributed by atoms with Gasteiger partial charge in [-0.3, -0.25) is 4.79 Å². The summed E-state index contributed by atoms with van der Waals surface area (Å²) < 4.78 is 0.974. The van der Waals surface area contributed by atoms with E-state index in [0.29, 0.717) is 6.42 Å². The molecule has 1 saturated heterocycles. The van der Waals surface area contributed by atoms with Crippen LogP contribution in [0.1, 0.15) is 51.9 Å². The summed E-state index contributed by atoms with van der Waals surface area (Å²) in [5.41, 5.74) is 0. The summed E-state index contributed by atoms with van der Waals surface area (Å²) in [6.45, 7) is 3.10. The minimum atomic E-state index is 0.256. The van der Waals surface area contributed by atoms with Gasteiger partial charge in [-0.05, 0) is 35.2 Å². The largest absolute Gasteiger partial charge is 0.307 e. The van der Waals surface area contributed by atoms with Gasteiger partial charge in [0.2, 0.25) is 5.91 Å². The predicted molar refractivity (Wildman–Crippen MR) is 66.7 cm³/mol. The summed E-state index contributed by atoms with van der Waals surface area (Å²) in [6.07, 6.45) is 10.0. The normalized spacial score (nSPS) is 17.6. The number of hydrogen-bond acceptors (Lipinski definition) is 1. The molecule has 0 aromatic heterocycles. The molecule has 86 valence electrons. The van der Waals surface area contributed by atoms with Crippen molar-refractivity contribution < 1.29 is 4.79 Å². The topological polar surface area (TPSA) is 20.3 Å². The van der Waals surface area contributed by atoms with Gasteiger partial charge in [-0.2, -0.15) is 0 Å². The van der Waals surface area contributed by atoms with Crippen LogP contribution in [0.5, 0.6) is 0 Å². The zero-order valence-electron chi connectivity index (χ0n) is 9.47. The Morgan fingerprint density at radius 3 is 2.87 bits per heavy atom. The Kier molecular flexibility index (Phi) is 5.99. The minimum Gasteiger partial charge on any atom is -0.307 e. The van der Waals surface area contributed by atoms with Gasteiger partial charge in [0.25, 0.3) is 0 Å². The van der Waals surface area contributed by atoms with Crippen molar-refractivity contribution in [1.82, 2.24) is 4.90 Å². The first-order valence-electron chi connectivity index (χ1n) is 5.91. The van der Waals surface area contributed by atoms with E-state index in [9.17, 15) is 4.79 Å². The van der Waals surface area contributed by atoms with E-state index in [1.54, 1.807) is 0 Å². The van der Waals surface area contributed by atoms with Gasteiger partial charge >= 0.3 is 0 Å². The average molecular weight is 274 g/mol. The number of nitrogens with zero attached hydrogens (tertiary/aromatic N) is 1. The van der Waals surface area contributed by atoms with Crippen molar-refractivity contribution in [1.29, 1.82) is 0 Å². The first-order chi connectivity index (χ1) is 7.25. The highest BCUT2D eigenvalue weighted by Crippen LogP contribution is 2.21. The molecule has 0 saturated carbocycles. The van der Waals surface area contributed by atoms with Crippen LogP contribution in [-0.4, -0.2) is 17.4 Å². The van der Waals surface area contributed by atoms with E-state index in [-0.39, 0.29) is 5.91 Å². The molecule has 1 amide bonds. The summed E-state index contributed by atoms with van der Waals surface area (Å²) in [5.74, 6) is 0.256. The van der Waals surface area contributed by atoms with Crippen molar-refractivity contribution in [2.24, 2.45) is 0 Å². The molecule has 0 aliphatic carbocycles. The first kappa shape index (κ1) is 12.8. The zero-order chi connectivity index (χ0) is 11.1. The fourth-order valence-corrected chi connectivity index (χ4v) is 2.38. The Morgan fingerprint density at radius 2 is 2.27 bits per heavy atom. The monoisotopic (exact) mass is 273 g/mol. The Morgan fingerprint density at radius 1 is 1.47 bits per heavy atom. The molecule has 0 aromatic rings. The third-order valence-electron chi connectivity index (χ3n) is 2.70. The molecule has 1 heterocycles. The van der Waals surface area contributed by atoms with Gasteiger partial charge in [-0.25, -0.2) is 0 Å². The third-order valence-corrected chi connectivity index (χ3v) is 3.45. The Hall–Kier alpha value is -0.310. The molecule has 0 bridgehead atoms. The molecule has 1 rings (SSSR count). The average Bonchev–Trinajstić information content (AvgIpc) is 2.64. The van der Waals surface area contributed by atoms with Crippen molar-refractivity contribution in [3.05, 3.63) is 10.7 Å². The summed E-state index contributed by atoms with van der Waals surface area (Å²) in [4.78, 5) is 13.3. The number of amides is 1. The fourth-order valence-electron chi connectivity index (χ4n) is 1.78. The van der Waals surface area contributed by atoms with Crippen molar-refractivity contribution >= 4 is 21.8 Å². The molecule has 0 atom stereocenters. The lowest BCUT2D eigenvalue weighted by atomic mass is 10.1. The van der Waals surface area contributed by atoms with Gasteiger partial charge in [-0.1, -0.05) is 32.3 Å². The second kappa shape index (κ2) is 7.04. The molecule has 0 N–H and O–H groups in total. The van der Waals surface area contributed by atoms with Gasteiger partial charge in [0, 0.05) is 13.0 Å². The van der Waals surface area contributed by atoms with Crippen LogP contribution >= 0.6 is 15.9 Å². The molecular weight excluding hydrogens is 254 g/mol. The fraction of sp³-hybridized carbons (Fsp3) is 0.750. The molecule has 0 spiro atoms. The molecule has 0 aromatic carbocycles. The quantitative estimate of drug-likeness (QED) is 0.532. The van der Waals surface area contributed by atoms with Crippen LogP contribution in [0.4, 0.5) is 0 Å². The molecule has 0 radical (unpaired) electrons. The number of allylic oxidation sites excluding steroid dienone is 1. The molecule has 0 unspecified atom stereocenters. The van der Waals surface area contributed by atoms with Gasteiger partial charge in [0.05, 0.1) is 4.61 Å². The molecule has 2 nitrogen and oxygen atoms in total. The summed E-state index contributed by atoms with van der Waals surface area (Å²) >= 11 is 3.48. The summed E-state index contributed by atoms with van der Waals surface area (Å²) in [7, 11) is 0. The minimum absolute atomic E-state index is 0.256. The summed E-state index contributed by atoms with van der Waals surface area (Å²) in [5, 5.41) is 0. The molecule has 15 heavy (non-hydrogen) atoms. The van der Waals surface area contributed by atoms with Gasteiger partial charge < -0.3 is 4.90 Å². The number of halogens is 1. The molecule has 1 aliphatic rings. The van der Waals surface area contributed by atoms with Crippen molar-refractivity contribution in [3.63, 3.8) is 0 Å². The standard InChI is InChI=1S/C12H20BrNO/c1-2-3-4-5-6-8-11(13)14-10-7-9-12(14)15/h8H,2-7,9-10H2,1H3/b11-8-. The van der Waals surface area contributed by atoms with Crippen LogP contribution in [0, 0.1) is 0 Å². The van der Waals surface area contributed by atoms with Crippen molar-refractivity contribution in [2.45, 2.75) is 51.9 Å². The molecule has 1 aliphatic heterocycles. The van der Waals surface area contributed by atoms with Crippen LogP contribution in [0.15, 0.2) is 10.7 Å². The van der Waals surface area contributed by atoms with Crippen LogP contribution in [-0.2, 0) is 4.79 Å². The van der Waals surface area contributed by atoms with Crippen LogP contribution < -0.4 is 0 Å². The SMILES string of the molecule is CCCCCC/C=C(/Br)N1CCCC1=O.